The Bertz CT molecular complexity index is 1720. The van der Waals surface area contributed by atoms with E-state index in [0.717, 1.165) is 47.4 Å². The summed E-state index contributed by atoms with van der Waals surface area (Å²) in [6.07, 6.45) is 0. The molecule has 188 valence electrons. The van der Waals surface area contributed by atoms with E-state index in [1.54, 1.807) is 49.0 Å². The van der Waals surface area contributed by atoms with E-state index in [1.807, 2.05) is 33.2 Å². The molecule has 5 aromatic rings. The minimum absolute atomic E-state index is 0.178. The Morgan fingerprint density at radius 2 is 1.53 bits per heavy atom. The molecule has 0 radical (unpaired) electrons. The Labute approximate surface area is 217 Å². The zero-order valence-electron chi connectivity index (χ0n) is 20.4. The molecular formula is C25H25N3O5S3. The lowest BCUT2D eigenvalue weighted by molar-refractivity contribution is -0.627. The predicted octanol–water partition coefficient (Wildman–Crippen LogP) is 4.43. The van der Waals surface area contributed by atoms with Gasteiger partial charge in [-0.2, -0.15) is 0 Å². The molecule has 5 rings (SSSR count). The average molecular weight is 544 g/mol. The Balaban J connectivity index is 0.000000233. The number of fused-ring (bicyclic) bond motifs is 2. The summed E-state index contributed by atoms with van der Waals surface area (Å²) in [7, 11) is 3.19. The molecule has 3 aromatic carbocycles. The summed E-state index contributed by atoms with van der Waals surface area (Å²) in [6.45, 7) is 1.82. The maximum Gasteiger partial charge on any atom is 0.386 e. The molecule has 0 fully saturated rings. The summed E-state index contributed by atoms with van der Waals surface area (Å²) in [5.41, 5.74) is 3.22. The topological polar surface area (TPSA) is 96.8 Å². The van der Waals surface area contributed by atoms with Gasteiger partial charge in [0.25, 0.3) is 0 Å². The fourth-order valence-corrected chi connectivity index (χ4v) is 6.11. The van der Waals surface area contributed by atoms with Gasteiger partial charge in [0.05, 0.1) is 41.1 Å². The van der Waals surface area contributed by atoms with Crippen molar-refractivity contribution in [3.63, 3.8) is 0 Å². The quantitative estimate of drug-likeness (QED) is 0.247. The number of benzene rings is 3. The van der Waals surface area contributed by atoms with Gasteiger partial charge in [0, 0.05) is 18.1 Å². The standard InChI is InChI=1S/C18H18N3O2S2.C7H8O3S/c1-20-13-7-5-11(22-3)9-15(13)24-17(20)19-18-21(2)14-8-6-12(23-4)10-16(14)25-18;1-6-2-4-7(5-3-6)11(8,9)10/h5-10H,1-4H3;2-5H,1H3,(H,8,9,10)/q+1;/p-1. The lowest BCUT2D eigenvalue weighted by Crippen LogP contribution is -2.26. The third-order valence-corrected chi connectivity index (χ3v) is 8.57. The van der Waals surface area contributed by atoms with Crippen molar-refractivity contribution in [2.45, 2.75) is 11.8 Å². The van der Waals surface area contributed by atoms with Crippen molar-refractivity contribution in [2.24, 2.45) is 19.1 Å². The molecule has 0 saturated heterocycles. The predicted molar refractivity (Wildman–Crippen MR) is 141 cm³/mol. The minimum Gasteiger partial charge on any atom is -0.744 e. The van der Waals surface area contributed by atoms with Crippen molar-refractivity contribution in [3.05, 3.63) is 71.0 Å². The number of hydrogen-bond acceptors (Lipinski definition) is 8. The number of hydrogen-bond donors (Lipinski definition) is 0. The second-order valence-corrected chi connectivity index (χ2v) is 11.3. The molecule has 2 heterocycles. The Kier molecular flexibility index (Phi) is 7.46. The van der Waals surface area contributed by atoms with Crippen molar-refractivity contribution in [1.29, 1.82) is 0 Å². The highest BCUT2D eigenvalue weighted by molar-refractivity contribution is 7.85. The maximum absolute atomic E-state index is 10.4. The van der Waals surface area contributed by atoms with Gasteiger partial charge in [0.1, 0.15) is 27.1 Å². The third kappa shape index (κ3) is 5.44. The van der Waals surface area contributed by atoms with Gasteiger partial charge in [-0.15, -0.1) is 0 Å². The monoisotopic (exact) mass is 543 g/mol. The summed E-state index contributed by atoms with van der Waals surface area (Å²) in [5, 5.41) is 0.956. The largest absolute Gasteiger partial charge is 0.744 e. The number of thiazole rings is 2. The van der Waals surface area contributed by atoms with E-state index >= 15 is 0 Å². The van der Waals surface area contributed by atoms with Gasteiger partial charge in [-0.05, 0) is 60.7 Å². The first-order valence-electron chi connectivity index (χ1n) is 10.8. The van der Waals surface area contributed by atoms with Gasteiger partial charge in [-0.1, -0.05) is 29.0 Å². The van der Waals surface area contributed by atoms with Crippen LogP contribution in [0.1, 0.15) is 5.56 Å². The van der Waals surface area contributed by atoms with Gasteiger partial charge in [0.15, 0.2) is 0 Å². The molecule has 0 bridgehead atoms. The number of ether oxygens (including phenoxy) is 2. The van der Waals surface area contributed by atoms with Crippen LogP contribution in [-0.2, 0) is 24.2 Å². The van der Waals surface area contributed by atoms with Crippen LogP contribution >= 0.6 is 22.7 Å². The van der Waals surface area contributed by atoms with Gasteiger partial charge in [-0.3, -0.25) is 4.57 Å². The molecule has 0 aliphatic carbocycles. The fourth-order valence-electron chi connectivity index (χ4n) is 3.48. The second kappa shape index (κ2) is 10.4. The van der Waals surface area contributed by atoms with E-state index < -0.39 is 10.1 Å². The highest BCUT2D eigenvalue weighted by Crippen LogP contribution is 2.29. The summed E-state index contributed by atoms with van der Waals surface area (Å²) in [5.74, 6) is 1.72. The van der Waals surface area contributed by atoms with Gasteiger partial charge < -0.3 is 14.0 Å². The minimum atomic E-state index is -4.27. The van der Waals surface area contributed by atoms with Crippen LogP contribution in [0, 0.1) is 6.92 Å². The van der Waals surface area contributed by atoms with Crippen molar-refractivity contribution in [3.8, 4) is 11.5 Å². The van der Waals surface area contributed by atoms with Crippen LogP contribution in [0.4, 0.5) is 5.13 Å². The molecule has 0 atom stereocenters. The number of nitrogens with zero attached hydrogens (tertiary/aromatic N) is 3. The number of aryl methyl sites for hydroxylation is 3. The Morgan fingerprint density at radius 1 is 0.917 bits per heavy atom. The summed E-state index contributed by atoms with van der Waals surface area (Å²) < 4.78 is 48.4. The molecule has 11 heteroatoms. The molecule has 0 N–H and O–H groups in total. The van der Waals surface area contributed by atoms with Crippen LogP contribution < -0.4 is 18.8 Å². The van der Waals surface area contributed by atoms with Crippen LogP contribution in [0.2, 0.25) is 0 Å². The van der Waals surface area contributed by atoms with E-state index in [-0.39, 0.29) is 4.90 Å². The third-order valence-electron chi connectivity index (χ3n) is 5.53. The van der Waals surface area contributed by atoms with Crippen LogP contribution in [0.5, 0.6) is 11.5 Å². The summed E-state index contributed by atoms with van der Waals surface area (Å²) in [6, 6.07) is 18.0. The lowest BCUT2D eigenvalue weighted by Gasteiger charge is -2.05. The molecule has 0 aliphatic rings. The Hall–Kier alpha value is -3.25. The van der Waals surface area contributed by atoms with Gasteiger partial charge in [0.2, 0.25) is 0 Å². The molecule has 0 saturated carbocycles. The smallest absolute Gasteiger partial charge is 0.386 e. The van der Waals surface area contributed by atoms with Crippen molar-refractivity contribution < 1.29 is 27.0 Å². The molecule has 0 amide bonds. The van der Waals surface area contributed by atoms with E-state index in [9.17, 15) is 13.0 Å². The zero-order chi connectivity index (χ0) is 26.0. The molecular weight excluding hydrogens is 518 g/mol. The summed E-state index contributed by atoms with van der Waals surface area (Å²) >= 11 is 3.32. The number of aromatic nitrogens is 2. The highest BCUT2D eigenvalue weighted by Gasteiger charge is 2.17. The normalized spacial score (nSPS) is 12.0. The average Bonchev–Trinajstić information content (AvgIpc) is 3.34. The Morgan fingerprint density at radius 3 is 2.14 bits per heavy atom. The first-order chi connectivity index (χ1) is 17.1. The van der Waals surface area contributed by atoms with Gasteiger partial charge in [-0.25, -0.2) is 13.0 Å². The lowest BCUT2D eigenvalue weighted by atomic mass is 10.2. The first kappa shape index (κ1) is 25.8. The zero-order valence-corrected chi connectivity index (χ0v) is 22.8. The van der Waals surface area contributed by atoms with Crippen LogP contribution in [0.25, 0.3) is 20.4 Å². The first-order valence-corrected chi connectivity index (χ1v) is 13.8. The second-order valence-electron chi connectivity index (χ2n) is 7.93. The van der Waals surface area contributed by atoms with E-state index in [1.165, 1.54) is 12.1 Å². The number of methoxy groups -OCH3 is 2. The van der Waals surface area contributed by atoms with E-state index in [2.05, 4.69) is 33.4 Å². The molecule has 36 heavy (non-hydrogen) atoms. The van der Waals surface area contributed by atoms with Gasteiger partial charge >= 0.3 is 9.93 Å². The molecule has 0 unspecified atom stereocenters. The highest BCUT2D eigenvalue weighted by atomic mass is 32.2. The fraction of sp³-hybridized carbons (Fsp3) is 0.200. The SMILES string of the molecule is COc1ccc2c(c1)sc(=Nc1sc3cc(OC)ccc3[n+]1C)n2C.Cc1ccc(S(=O)(=O)[O-])cc1. The molecule has 0 spiro atoms. The molecule has 8 nitrogen and oxygen atoms in total. The number of rotatable bonds is 4. The van der Waals surface area contributed by atoms with Crippen LogP contribution in [-0.4, -0.2) is 31.8 Å². The van der Waals surface area contributed by atoms with Crippen LogP contribution in [0.3, 0.4) is 0 Å². The van der Waals surface area contributed by atoms with Crippen molar-refractivity contribution in [1.82, 2.24) is 4.57 Å². The van der Waals surface area contributed by atoms with E-state index in [0.29, 0.717) is 0 Å². The molecule has 0 aliphatic heterocycles. The van der Waals surface area contributed by atoms with Crippen LogP contribution in [0.15, 0.2) is 70.6 Å². The summed E-state index contributed by atoms with van der Waals surface area (Å²) in [4.78, 5) is 5.69. The van der Waals surface area contributed by atoms with E-state index in [4.69, 9.17) is 14.5 Å². The molecule has 2 aromatic heterocycles. The van der Waals surface area contributed by atoms with Crippen molar-refractivity contribution >= 4 is 58.4 Å². The maximum atomic E-state index is 10.4. The van der Waals surface area contributed by atoms with Crippen molar-refractivity contribution in [2.75, 3.05) is 14.2 Å².